The van der Waals surface area contributed by atoms with Gasteiger partial charge in [-0.05, 0) is 82.3 Å². The molecule has 1 atom stereocenters. The Labute approximate surface area is 246 Å². The van der Waals surface area contributed by atoms with Crippen molar-refractivity contribution in [2.75, 3.05) is 0 Å². The van der Waals surface area contributed by atoms with E-state index in [1.165, 1.54) is 44.3 Å². The van der Waals surface area contributed by atoms with Crippen LogP contribution in [0.4, 0.5) is 0 Å². The van der Waals surface area contributed by atoms with E-state index < -0.39 is 0 Å². The highest BCUT2D eigenvalue weighted by Crippen LogP contribution is 2.53. The molecule has 2 aliphatic rings. The lowest BCUT2D eigenvalue weighted by Gasteiger charge is -2.39. The quantitative estimate of drug-likeness (QED) is 0.224. The maximum atomic E-state index is 10.6. The molecule has 1 unspecified atom stereocenters. The molecule has 3 nitrogen and oxygen atoms in total. The van der Waals surface area contributed by atoms with Crippen LogP contribution in [0.5, 0.6) is 0 Å². The molecule has 42 heavy (non-hydrogen) atoms. The molecule has 1 aliphatic carbocycles. The Kier molecular flexibility index (Phi) is 5.28. The van der Waals surface area contributed by atoms with Crippen LogP contribution in [-0.2, 0) is 11.8 Å². The maximum absolute atomic E-state index is 10.6. The van der Waals surface area contributed by atoms with Crippen molar-refractivity contribution in [1.29, 1.82) is 10.5 Å². The average Bonchev–Trinajstić information content (AvgIpc) is 3.51. The van der Waals surface area contributed by atoms with Crippen LogP contribution < -0.4 is 10.9 Å². The predicted octanol–water partition coefficient (Wildman–Crippen LogP) is 7.18. The van der Waals surface area contributed by atoms with Crippen molar-refractivity contribution in [3.8, 4) is 23.3 Å². The van der Waals surface area contributed by atoms with Crippen molar-refractivity contribution in [1.82, 2.24) is 4.48 Å². The first-order valence-electron chi connectivity index (χ1n) is 14.8. The number of para-hydroxylation sites is 1. The van der Waals surface area contributed by atoms with E-state index in [4.69, 9.17) is 0 Å². The van der Waals surface area contributed by atoms with Gasteiger partial charge >= 0.3 is 6.85 Å². The Morgan fingerprint density at radius 3 is 2.21 bits per heavy atom. The second kappa shape index (κ2) is 8.97. The standard InChI is InChI=1S/C38H28BN3/c1-3-4-11-24-20-26(23-41)37-30(21-24)29-15-9-12-25(22-40)36(29)42(37)39-33-18-8-7-17-32(33)38(2)31-16-6-5-13-27(31)28-14-10-19-34(39)35(28)38/h5-10,12-21H,3-4,11H2,1-2H3. The van der Waals surface area contributed by atoms with Crippen LogP contribution in [0.3, 0.4) is 0 Å². The highest BCUT2D eigenvalue weighted by atomic mass is 14.9. The molecule has 6 aromatic rings. The Bertz CT molecular complexity index is 2190. The highest BCUT2D eigenvalue weighted by molar-refractivity contribution is 6.86. The molecule has 1 aliphatic heterocycles. The molecule has 0 radical (unpaired) electrons. The van der Waals surface area contributed by atoms with Crippen molar-refractivity contribution in [3.05, 3.63) is 130 Å². The fourth-order valence-electron chi connectivity index (χ4n) is 8.04. The van der Waals surface area contributed by atoms with Gasteiger partial charge in [-0.3, -0.25) is 0 Å². The SMILES string of the molecule is CCCCc1cc(C#N)c2c(c1)c1cccc(C#N)c1n2B1c2ccccc2C2(C)c3ccccc3-c3cccc1c32. The van der Waals surface area contributed by atoms with Crippen molar-refractivity contribution in [2.24, 2.45) is 0 Å². The number of aromatic nitrogens is 1. The summed E-state index contributed by atoms with van der Waals surface area (Å²) in [5.41, 5.74) is 12.9. The van der Waals surface area contributed by atoms with Gasteiger partial charge in [-0.15, -0.1) is 0 Å². The van der Waals surface area contributed by atoms with Crippen LogP contribution in [0.15, 0.2) is 97.1 Å². The molecule has 0 saturated carbocycles. The number of hydrogen-bond donors (Lipinski definition) is 0. The van der Waals surface area contributed by atoms with Gasteiger partial charge in [-0.1, -0.05) is 92.2 Å². The first-order valence-corrected chi connectivity index (χ1v) is 14.8. The minimum absolute atomic E-state index is 0.193. The molecule has 0 amide bonds. The van der Waals surface area contributed by atoms with Crippen LogP contribution in [0.2, 0.25) is 0 Å². The summed E-state index contributed by atoms with van der Waals surface area (Å²) < 4.78 is 2.32. The van der Waals surface area contributed by atoms with Gasteiger partial charge in [0, 0.05) is 16.2 Å². The Hall–Kier alpha value is -5.06. The molecule has 1 aromatic heterocycles. The highest BCUT2D eigenvalue weighted by Gasteiger charge is 2.50. The van der Waals surface area contributed by atoms with E-state index in [1.807, 2.05) is 12.1 Å². The molecule has 0 fully saturated rings. The lowest BCUT2D eigenvalue weighted by Crippen LogP contribution is -2.58. The number of aryl methyl sites for hydroxylation is 1. The van der Waals surface area contributed by atoms with Gasteiger partial charge in [0.1, 0.15) is 12.1 Å². The number of benzene rings is 5. The molecular weight excluding hydrogens is 509 g/mol. The number of nitrogens with zero attached hydrogens (tertiary/aromatic N) is 3. The largest absolute Gasteiger partial charge is 0.374 e. The van der Waals surface area contributed by atoms with Gasteiger partial charge < -0.3 is 4.48 Å². The van der Waals surface area contributed by atoms with E-state index in [0.717, 1.165) is 41.1 Å². The van der Waals surface area contributed by atoms with E-state index in [0.29, 0.717) is 11.1 Å². The molecule has 0 N–H and O–H groups in total. The summed E-state index contributed by atoms with van der Waals surface area (Å²) in [7, 11) is 0. The van der Waals surface area contributed by atoms with E-state index in [9.17, 15) is 10.5 Å². The first-order chi connectivity index (χ1) is 20.6. The minimum atomic E-state index is -0.294. The first kappa shape index (κ1) is 24.7. The average molecular weight is 537 g/mol. The zero-order valence-electron chi connectivity index (χ0n) is 23.8. The second-order valence-corrected chi connectivity index (χ2v) is 11.9. The van der Waals surface area contributed by atoms with Gasteiger partial charge in [0.2, 0.25) is 0 Å². The number of fused-ring (bicyclic) bond motifs is 8. The van der Waals surface area contributed by atoms with Crippen molar-refractivity contribution in [2.45, 2.75) is 38.5 Å². The summed E-state index contributed by atoms with van der Waals surface area (Å²) in [5.74, 6) is 0. The van der Waals surface area contributed by atoms with Gasteiger partial charge in [0.25, 0.3) is 0 Å². The minimum Gasteiger partial charge on any atom is -0.374 e. The van der Waals surface area contributed by atoms with E-state index in [2.05, 4.69) is 115 Å². The summed E-state index contributed by atoms with van der Waals surface area (Å²) in [5, 5.41) is 23.1. The summed E-state index contributed by atoms with van der Waals surface area (Å²) >= 11 is 0. The number of hydrogen-bond acceptors (Lipinski definition) is 2. The van der Waals surface area contributed by atoms with E-state index in [-0.39, 0.29) is 12.3 Å². The second-order valence-electron chi connectivity index (χ2n) is 11.9. The van der Waals surface area contributed by atoms with Crippen LogP contribution in [0.1, 0.15) is 60.1 Å². The molecule has 2 heterocycles. The van der Waals surface area contributed by atoms with Gasteiger partial charge in [0.15, 0.2) is 0 Å². The van der Waals surface area contributed by atoms with Crippen LogP contribution in [0, 0.1) is 22.7 Å². The molecule has 0 bridgehead atoms. The number of unbranched alkanes of at least 4 members (excludes halogenated alkanes) is 1. The zero-order chi connectivity index (χ0) is 28.6. The van der Waals surface area contributed by atoms with Gasteiger partial charge in [0.05, 0.1) is 22.2 Å². The van der Waals surface area contributed by atoms with Crippen LogP contribution in [-0.4, -0.2) is 11.3 Å². The predicted molar refractivity (Wildman–Crippen MR) is 172 cm³/mol. The molecule has 0 saturated heterocycles. The Morgan fingerprint density at radius 2 is 1.40 bits per heavy atom. The van der Waals surface area contributed by atoms with Crippen molar-refractivity contribution in [3.63, 3.8) is 0 Å². The van der Waals surface area contributed by atoms with Gasteiger partial charge in [-0.25, -0.2) is 0 Å². The third kappa shape index (κ3) is 3.05. The van der Waals surface area contributed by atoms with E-state index >= 15 is 0 Å². The molecule has 0 spiro atoms. The summed E-state index contributed by atoms with van der Waals surface area (Å²) in [6.07, 6.45) is 3.10. The summed E-state index contributed by atoms with van der Waals surface area (Å²) in [6.45, 7) is 4.37. The fourth-order valence-corrected chi connectivity index (χ4v) is 8.04. The van der Waals surface area contributed by atoms with Crippen molar-refractivity contribution >= 4 is 39.6 Å². The summed E-state index contributed by atoms with van der Waals surface area (Å²) in [6, 6.07) is 39.6. The topological polar surface area (TPSA) is 52.5 Å². The fraction of sp³-hybridized carbons (Fsp3) is 0.158. The Balaban J connectivity index is 1.55. The lowest BCUT2D eigenvalue weighted by molar-refractivity contribution is 0.718. The zero-order valence-corrected chi connectivity index (χ0v) is 23.8. The third-order valence-corrected chi connectivity index (χ3v) is 9.74. The van der Waals surface area contributed by atoms with Crippen LogP contribution in [0.25, 0.3) is 32.9 Å². The lowest BCUT2D eigenvalue weighted by atomic mass is 9.41. The number of nitriles is 2. The van der Waals surface area contributed by atoms with Crippen LogP contribution >= 0.6 is 0 Å². The Morgan fingerprint density at radius 1 is 0.714 bits per heavy atom. The molecular formula is C38H28BN3. The van der Waals surface area contributed by atoms with E-state index in [1.54, 1.807) is 0 Å². The normalized spacial score (nSPS) is 16.1. The van der Waals surface area contributed by atoms with Gasteiger partial charge in [-0.2, -0.15) is 10.5 Å². The third-order valence-electron chi connectivity index (χ3n) is 9.74. The number of rotatable bonds is 4. The molecule has 8 rings (SSSR count). The monoisotopic (exact) mass is 537 g/mol. The summed E-state index contributed by atoms with van der Waals surface area (Å²) in [4.78, 5) is 0. The molecule has 4 heteroatoms. The smallest absolute Gasteiger partial charge is 0.328 e. The van der Waals surface area contributed by atoms with Crippen molar-refractivity contribution < 1.29 is 0 Å². The molecule has 198 valence electrons. The molecule has 5 aromatic carbocycles. The maximum Gasteiger partial charge on any atom is 0.328 e.